The van der Waals surface area contributed by atoms with Crippen molar-refractivity contribution in [3.05, 3.63) is 109 Å². The summed E-state index contributed by atoms with van der Waals surface area (Å²) < 4.78 is 0. The van der Waals surface area contributed by atoms with E-state index in [2.05, 4.69) is 108 Å². The summed E-state index contributed by atoms with van der Waals surface area (Å²) in [6.45, 7) is 0. The summed E-state index contributed by atoms with van der Waals surface area (Å²) >= 11 is 0. The SMILES string of the molecule is c1ccc(-c2ccc(Nc3cc4c5c(cccc5c3)-c3ccccc3-4)cc2)cc1. The summed E-state index contributed by atoms with van der Waals surface area (Å²) in [7, 11) is 0. The molecule has 0 fully saturated rings. The lowest BCUT2D eigenvalue weighted by Crippen LogP contribution is -1.91. The zero-order chi connectivity index (χ0) is 19.2. The van der Waals surface area contributed by atoms with Crippen molar-refractivity contribution >= 4 is 22.1 Å². The third kappa shape index (κ3) is 2.63. The molecule has 6 rings (SSSR count). The zero-order valence-corrected chi connectivity index (χ0v) is 15.9. The van der Waals surface area contributed by atoms with Crippen LogP contribution in [0.1, 0.15) is 0 Å². The van der Waals surface area contributed by atoms with Gasteiger partial charge in [-0.05, 0) is 68.4 Å². The minimum absolute atomic E-state index is 1.10. The second kappa shape index (κ2) is 6.35. The smallest absolute Gasteiger partial charge is 0.0396 e. The first-order valence-electron chi connectivity index (χ1n) is 9.96. The first kappa shape index (κ1) is 16.1. The van der Waals surface area contributed by atoms with Crippen molar-refractivity contribution in [2.75, 3.05) is 5.32 Å². The topological polar surface area (TPSA) is 12.0 Å². The normalized spacial score (nSPS) is 11.4. The van der Waals surface area contributed by atoms with Crippen molar-refractivity contribution in [2.24, 2.45) is 0 Å². The second-order valence-electron chi connectivity index (χ2n) is 7.54. The molecule has 0 aromatic heterocycles. The Morgan fingerprint density at radius 2 is 1.07 bits per heavy atom. The minimum Gasteiger partial charge on any atom is -0.355 e. The highest BCUT2D eigenvalue weighted by atomic mass is 14.9. The van der Waals surface area contributed by atoms with E-state index in [0.717, 1.165) is 11.4 Å². The highest BCUT2D eigenvalue weighted by molar-refractivity contribution is 6.16. The van der Waals surface area contributed by atoms with Gasteiger partial charge in [0.15, 0.2) is 0 Å². The van der Waals surface area contributed by atoms with Gasteiger partial charge in [-0.15, -0.1) is 0 Å². The Morgan fingerprint density at radius 3 is 1.86 bits per heavy atom. The van der Waals surface area contributed by atoms with Crippen LogP contribution in [0.25, 0.3) is 44.2 Å². The van der Waals surface area contributed by atoms with Gasteiger partial charge in [-0.3, -0.25) is 0 Å². The standard InChI is InChI=1S/C28H19N/c1-2-7-19(8-3-1)20-13-15-22(16-14-20)29-23-17-21-9-6-12-26-24-10-4-5-11-25(24)27(18-23)28(21)26/h1-18,29H. The molecule has 0 radical (unpaired) electrons. The Labute approximate surface area is 170 Å². The van der Waals surface area contributed by atoms with Crippen LogP contribution in [0.4, 0.5) is 11.4 Å². The fourth-order valence-corrected chi connectivity index (χ4v) is 4.43. The number of benzene rings is 5. The van der Waals surface area contributed by atoms with E-state index in [4.69, 9.17) is 0 Å². The maximum atomic E-state index is 3.60. The van der Waals surface area contributed by atoms with Gasteiger partial charge < -0.3 is 5.32 Å². The highest BCUT2D eigenvalue weighted by Crippen LogP contribution is 2.48. The van der Waals surface area contributed by atoms with Crippen LogP contribution in [0.3, 0.4) is 0 Å². The van der Waals surface area contributed by atoms with Crippen molar-refractivity contribution < 1.29 is 0 Å². The quantitative estimate of drug-likeness (QED) is 0.334. The molecular weight excluding hydrogens is 350 g/mol. The van der Waals surface area contributed by atoms with Crippen molar-refractivity contribution in [2.45, 2.75) is 0 Å². The predicted molar refractivity (Wildman–Crippen MR) is 124 cm³/mol. The van der Waals surface area contributed by atoms with Gasteiger partial charge in [-0.2, -0.15) is 0 Å². The average molecular weight is 369 g/mol. The summed E-state index contributed by atoms with van der Waals surface area (Å²) in [5.41, 5.74) is 9.99. The van der Waals surface area contributed by atoms with Crippen LogP contribution < -0.4 is 5.32 Å². The van der Waals surface area contributed by atoms with Gasteiger partial charge in [0.2, 0.25) is 0 Å². The maximum Gasteiger partial charge on any atom is 0.0396 e. The Morgan fingerprint density at radius 1 is 0.414 bits per heavy atom. The molecule has 136 valence electrons. The third-order valence-corrected chi connectivity index (χ3v) is 5.76. The molecule has 0 heterocycles. The second-order valence-corrected chi connectivity index (χ2v) is 7.54. The lowest BCUT2D eigenvalue weighted by atomic mass is 10.0. The summed E-state index contributed by atoms with van der Waals surface area (Å²) in [6, 6.07) is 38.9. The fourth-order valence-electron chi connectivity index (χ4n) is 4.43. The first-order chi connectivity index (χ1) is 14.4. The molecule has 0 atom stereocenters. The van der Waals surface area contributed by atoms with Crippen molar-refractivity contribution in [1.29, 1.82) is 0 Å². The monoisotopic (exact) mass is 369 g/mol. The summed E-state index contributed by atoms with van der Waals surface area (Å²) in [5, 5.41) is 6.24. The molecule has 1 N–H and O–H groups in total. The molecule has 0 saturated carbocycles. The zero-order valence-electron chi connectivity index (χ0n) is 15.9. The predicted octanol–water partition coefficient (Wildman–Crippen LogP) is 7.90. The van der Waals surface area contributed by atoms with Gasteiger partial charge in [-0.25, -0.2) is 0 Å². The largest absolute Gasteiger partial charge is 0.355 e. The fraction of sp³-hybridized carbons (Fsp3) is 0. The van der Waals surface area contributed by atoms with Crippen molar-refractivity contribution in [1.82, 2.24) is 0 Å². The van der Waals surface area contributed by atoms with E-state index in [0.29, 0.717) is 0 Å². The molecule has 0 spiro atoms. The number of hydrogen-bond donors (Lipinski definition) is 1. The van der Waals surface area contributed by atoms with E-state index in [1.807, 2.05) is 6.07 Å². The molecule has 0 amide bonds. The molecule has 0 saturated heterocycles. The van der Waals surface area contributed by atoms with Gasteiger partial charge in [-0.1, -0.05) is 84.9 Å². The molecule has 5 aromatic rings. The average Bonchev–Trinajstić information content (AvgIpc) is 3.10. The lowest BCUT2D eigenvalue weighted by Gasteiger charge is -2.11. The Kier molecular flexibility index (Phi) is 3.54. The third-order valence-electron chi connectivity index (χ3n) is 5.76. The number of nitrogens with one attached hydrogen (secondary N) is 1. The molecule has 0 aliphatic heterocycles. The van der Waals surface area contributed by atoms with Gasteiger partial charge in [0.1, 0.15) is 0 Å². The molecule has 5 aromatic carbocycles. The Bertz CT molecular complexity index is 1350. The molecule has 1 aliphatic rings. The van der Waals surface area contributed by atoms with Gasteiger partial charge in [0, 0.05) is 11.4 Å². The molecular formula is C28H19N. The first-order valence-corrected chi connectivity index (χ1v) is 9.96. The molecule has 0 unspecified atom stereocenters. The van der Waals surface area contributed by atoms with Crippen LogP contribution in [0.15, 0.2) is 109 Å². The van der Waals surface area contributed by atoms with Gasteiger partial charge in [0.25, 0.3) is 0 Å². The number of anilines is 2. The Hall–Kier alpha value is -3.84. The van der Waals surface area contributed by atoms with Crippen molar-refractivity contribution in [3.8, 4) is 33.4 Å². The lowest BCUT2D eigenvalue weighted by molar-refractivity contribution is 1.55. The number of fused-ring (bicyclic) bond motifs is 3. The van der Waals surface area contributed by atoms with Gasteiger partial charge in [0.05, 0.1) is 0 Å². The van der Waals surface area contributed by atoms with Crippen LogP contribution in [-0.4, -0.2) is 0 Å². The van der Waals surface area contributed by atoms with E-state index >= 15 is 0 Å². The molecule has 29 heavy (non-hydrogen) atoms. The van der Waals surface area contributed by atoms with E-state index in [-0.39, 0.29) is 0 Å². The summed E-state index contributed by atoms with van der Waals surface area (Å²) in [4.78, 5) is 0. The number of hydrogen-bond acceptors (Lipinski definition) is 1. The minimum atomic E-state index is 1.10. The van der Waals surface area contributed by atoms with Crippen LogP contribution >= 0.6 is 0 Å². The molecule has 1 heteroatoms. The van der Waals surface area contributed by atoms with E-state index in [9.17, 15) is 0 Å². The number of rotatable bonds is 3. The molecule has 1 nitrogen and oxygen atoms in total. The van der Waals surface area contributed by atoms with Crippen LogP contribution in [0.2, 0.25) is 0 Å². The summed E-state index contributed by atoms with van der Waals surface area (Å²) in [5.74, 6) is 0. The van der Waals surface area contributed by atoms with E-state index in [1.165, 1.54) is 44.2 Å². The summed E-state index contributed by atoms with van der Waals surface area (Å²) in [6.07, 6.45) is 0. The van der Waals surface area contributed by atoms with Gasteiger partial charge >= 0.3 is 0 Å². The van der Waals surface area contributed by atoms with E-state index < -0.39 is 0 Å². The Balaban J connectivity index is 1.39. The van der Waals surface area contributed by atoms with Crippen LogP contribution in [-0.2, 0) is 0 Å². The van der Waals surface area contributed by atoms with Crippen molar-refractivity contribution in [3.63, 3.8) is 0 Å². The maximum absolute atomic E-state index is 3.60. The molecule has 0 bridgehead atoms. The molecule has 1 aliphatic carbocycles. The van der Waals surface area contributed by atoms with Crippen LogP contribution in [0, 0.1) is 0 Å². The van der Waals surface area contributed by atoms with E-state index in [1.54, 1.807) is 0 Å². The van der Waals surface area contributed by atoms with Crippen LogP contribution in [0.5, 0.6) is 0 Å². The highest BCUT2D eigenvalue weighted by Gasteiger charge is 2.21.